The molecule has 3 aromatic carbocycles. The molecule has 4 heteroatoms. The lowest BCUT2D eigenvalue weighted by molar-refractivity contribution is 0.787. The first-order valence-corrected chi connectivity index (χ1v) is 10.7. The van der Waals surface area contributed by atoms with Crippen molar-refractivity contribution in [3.05, 3.63) is 71.4 Å². The molecule has 2 heterocycles. The molecule has 1 aliphatic carbocycles. The van der Waals surface area contributed by atoms with Gasteiger partial charge >= 0.3 is 0 Å². The molecule has 0 aliphatic heterocycles. The van der Waals surface area contributed by atoms with E-state index in [1.54, 1.807) is 0 Å². The van der Waals surface area contributed by atoms with Crippen molar-refractivity contribution in [3.8, 4) is 22.4 Å². The van der Waals surface area contributed by atoms with E-state index in [0.717, 1.165) is 41.2 Å². The van der Waals surface area contributed by atoms with Crippen molar-refractivity contribution in [2.24, 2.45) is 0 Å². The Hall–Kier alpha value is -3.40. The highest BCUT2D eigenvalue weighted by atomic mass is 14.9. The number of nitrogens with zero attached hydrogens (tertiary/aromatic N) is 2. The van der Waals surface area contributed by atoms with Crippen molar-refractivity contribution in [2.75, 3.05) is 0 Å². The Morgan fingerprint density at radius 3 is 2.57 bits per heavy atom. The highest BCUT2D eigenvalue weighted by Gasteiger charge is 2.21. The summed E-state index contributed by atoms with van der Waals surface area (Å²) in [4.78, 5) is 16.4. The molecule has 0 fully saturated rings. The molecule has 1 aliphatic rings. The SMILES string of the molecule is Cc1nc2c(ccc3cc(-c4ccc5c(c4)CCc4[nH]c(C(C)C)nc4-5)ccc32)[nH]1. The maximum Gasteiger partial charge on any atom is 0.109 e. The van der Waals surface area contributed by atoms with Gasteiger partial charge in [-0.25, -0.2) is 9.97 Å². The molecule has 0 radical (unpaired) electrons. The molecule has 0 saturated carbocycles. The molecule has 148 valence electrons. The molecule has 0 spiro atoms. The number of imidazole rings is 2. The second-order valence-electron chi connectivity index (χ2n) is 8.70. The van der Waals surface area contributed by atoms with Gasteiger partial charge in [-0.2, -0.15) is 0 Å². The van der Waals surface area contributed by atoms with Gasteiger partial charge in [-0.1, -0.05) is 50.2 Å². The van der Waals surface area contributed by atoms with Gasteiger partial charge in [0, 0.05) is 22.6 Å². The van der Waals surface area contributed by atoms with E-state index in [2.05, 4.69) is 77.3 Å². The summed E-state index contributed by atoms with van der Waals surface area (Å²) in [5.74, 6) is 2.46. The molecule has 0 saturated heterocycles. The van der Waals surface area contributed by atoms with Gasteiger partial charge in [-0.05, 0) is 54.0 Å². The van der Waals surface area contributed by atoms with Crippen molar-refractivity contribution in [1.29, 1.82) is 0 Å². The Kier molecular flexibility index (Phi) is 3.66. The van der Waals surface area contributed by atoms with Crippen LogP contribution in [0.5, 0.6) is 0 Å². The third-order valence-corrected chi connectivity index (χ3v) is 6.27. The number of H-pyrrole nitrogens is 2. The Bertz CT molecular complexity index is 1430. The summed E-state index contributed by atoms with van der Waals surface area (Å²) in [5.41, 5.74) is 9.73. The fraction of sp³-hybridized carbons (Fsp3) is 0.231. The van der Waals surface area contributed by atoms with Crippen LogP contribution < -0.4 is 0 Å². The van der Waals surface area contributed by atoms with E-state index < -0.39 is 0 Å². The van der Waals surface area contributed by atoms with Gasteiger partial charge in [-0.15, -0.1) is 0 Å². The van der Waals surface area contributed by atoms with Crippen molar-refractivity contribution in [3.63, 3.8) is 0 Å². The van der Waals surface area contributed by atoms with Crippen LogP contribution in [-0.2, 0) is 12.8 Å². The maximum atomic E-state index is 4.90. The van der Waals surface area contributed by atoms with E-state index in [1.807, 2.05) is 6.92 Å². The lowest BCUT2D eigenvalue weighted by Gasteiger charge is -2.16. The van der Waals surface area contributed by atoms with E-state index >= 15 is 0 Å². The van der Waals surface area contributed by atoms with Crippen LogP contribution in [-0.4, -0.2) is 19.9 Å². The first-order valence-electron chi connectivity index (χ1n) is 10.7. The van der Waals surface area contributed by atoms with Crippen LogP contribution in [0.4, 0.5) is 0 Å². The molecule has 0 bridgehead atoms. The zero-order valence-electron chi connectivity index (χ0n) is 17.5. The Morgan fingerprint density at radius 1 is 0.867 bits per heavy atom. The third kappa shape index (κ3) is 2.60. The average Bonchev–Trinajstić information content (AvgIpc) is 3.36. The summed E-state index contributed by atoms with van der Waals surface area (Å²) in [7, 11) is 0. The molecular formula is C26H24N4. The van der Waals surface area contributed by atoms with E-state index in [0.29, 0.717) is 5.92 Å². The van der Waals surface area contributed by atoms with Crippen molar-refractivity contribution in [1.82, 2.24) is 19.9 Å². The summed E-state index contributed by atoms with van der Waals surface area (Å²) in [6.45, 7) is 6.38. The minimum atomic E-state index is 0.417. The van der Waals surface area contributed by atoms with Crippen LogP contribution in [0.2, 0.25) is 0 Å². The number of nitrogens with one attached hydrogen (secondary N) is 2. The summed E-state index contributed by atoms with van der Waals surface area (Å²) in [5, 5.41) is 2.42. The molecule has 0 unspecified atom stereocenters. The highest BCUT2D eigenvalue weighted by molar-refractivity contribution is 6.05. The third-order valence-electron chi connectivity index (χ3n) is 6.27. The standard InChI is InChI=1S/C26H24N4/c1-14(2)26-29-23-11-7-19-13-17(5-9-21(19)25(23)30-26)16-4-8-20-18(12-16)6-10-22-24(20)28-15(3)27-22/h4-6,8-10,12-14H,7,11H2,1-3H3,(H,27,28)(H,29,30). The Balaban J connectivity index is 1.44. The lowest BCUT2D eigenvalue weighted by Crippen LogP contribution is -2.03. The molecule has 2 N–H and O–H groups in total. The zero-order chi connectivity index (χ0) is 20.4. The predicted molar refractivity (Wildman–Crippen MR) is 123 cm³/mol. The predicted octanol–water partition coefficient (Wildman–Crippen LogP) is 6.30. The number of benzene rings is 3. The maximum absolute atomic E-state index is 4.90. The van der Waals surface area contributed by atoms with Crippen LogP contribution in [0, 0.1) is 6.92 Å². The minimum absolute atomic E-state index is 0.417. The Morgan fingerprint density at radius 2 is 1.70 bits per heavy atom. The van der Waals surface area contributed by atoms with Crippen LogP contribution in [0.1, 0.15) is 42.7 Å². The molecule has 5 aromatic rings. The van der Waals surface area contributed by atoms with Crippen LogP contribution >= 0.6 is 0 Å². The normalized spacial score (nSPS) is 13.2. The number of fused-ring (bicyclic) bond motifs is 6. The van der Waals surface area contributed by atoms with E-state index in [9.17, 15) is 0 Å². The van der Waals surface area contributed by atoms with E-state index in [1.165, 1.54) is 38.7 Å². The molecular weight excluding hydrogens is 368 g/mol. The van der Waals surface area contributed by atoms with E-state index in [4.69, 9.17) is 4.98 Å². The molecule has 4 nitrogen and oxygen atoms in total. The van der Waals surface area contributed by atoms with Crippen molar-refractivity contribution < 1.29 is 0 Å². The van der Waals surface area contributed by atoms with Gasteiger partial charge in [0.1, 0.15) is 11.6 Å². The fourth-order valence-electron chi connectivity index (χ4n) is 4.68. The molecule has 30 heavy (non-hydrogen) atoms. The first-order chi connectivity index (χ1) is 14.6. The minimum Gasteiger partial charge on any atom is -0.345 e. The van der Waals surface area contributed by atoms with Gasteiger partial charge in [0.15, 0.2) is 0 Å². The summed E-state index contributed by atoms with van der Waals surface area (Å²) in [6, 6.07) is 17.8. The largest absolute Gasteiger partial charge is 0.345 e. The van der Waals surface area contributed by atoms with Gasteiger partial charge in [0.25, 0.3) is 0 Å². The topological polar surface area (TPSA) is 57.4 Å². The summed E-state index contributed by atoms with van der Waals surface area (Å²) in [6.07, 6.45) is 2.08. The monoisotopic (exact) mass is 392 g/mol. The molecule has 6 rings (SSSR count). The first kappa shape index (κ1) is 17.5. The number of aromatic nitrogens is 4. The number of aromatic amines is 2. The van der Waals surface area contributed by atoms with Crippen LogP contribution in [0.25, 0.3) is 44.2 Å². The quantitative estimate of drug-likeness (QED) is 0.370. The zero-order valence-corrected chi connectivity index (χ0v) is 17.5. The van der Waals surface area contributed by atoms with Crippen molar-refractivity contribution >= 4 is 21.8 Å². The number of hydrogen-bond acceptors (Lipinski definition) is 2. The second-order valence-corrected chi connectivity index (χ2v) is 8.70. The summed E-state index contributed by atoms with van der Waals surface area (Å²) < 4.78 is 0. The van der Waals surface area contributed by atoms with Gasteiger partial charge in [0.2, 0.25) is 0 Å². The van der Waals surface area contributed by atoms with E-state index in [-0.39, 0.29) is 0 Å². The van der Waals surface area contributed by atoms with Gasteiger partial charge < -0.3 is 9.97 Å². The summed E-state index contributed by atoms with van der Waals surface area (Å²) >= 11 is 0. The number of hydrogen-bond donors (Lipinski definition) is 2. The number of aryl methyl sites for hydroxylation is 3. The van der Waals surface area contributed by atoms with Gasteiger partial charge in [0.05, 0.1) is 16.7 Å². The lowest BCUT2D eigenvalue weighted by atomic mass is 9.89. The molecule has 0 amide bonds. The van der Waals surface area contributed by atoms with Crippen LogP contribution in [0.15, 0.2) is 48.5 Å². The van der Waals surface area contributed by atoms with Crippen molar-refractivity contribution in [2.45, 2.75) is 39.5 Å². The molecule has 0 atom stereocenters. The highest BCUT2D eigenvalue weighted by Crippen LogP contribution is 2.36. The fourth-order valence-corrected chi connectivity index (χ4v) is 4.68. The smallest absolute Gasteiger partial charge is 0.109 e. The second kappa shape index (κ2) is 6.30. The molecule has 2 aromatic heterocycles. The Labute approximate surface area is 175 Å². The number of rotatable bonds is 2. The van der Waals surface area contributed by atoms with Crippen LogP contribution in [0.3, 0.4) is 0 Å². The average molecular weight is 393 g/mol. The van der Waals surface area contributed by atoms with Gasteiger partial charge in [-0.3, -0.25) is 0 Å².